The molecule has 42 heavy (non-hydrogen) atoms. The molecule has 0 saturated heterocycles. The minimum absolute atomic E-state index is 0.0753. The van der Waals surface area contributed by atoms with E-state index in [1.807, 2.05) is 69.3 Å². The van der Waals surface area contributed by atoms with Crippen molar-refractivity contribution in [3.8, 4) is 11.5 Å². The van der Waals surface area contributed by atoms with Gasteiger partial charge in [-0.15, -0.1) is 0 Å². The highest BCUT2D eigenvalue weighted by molar-refractivity contribution is 6.00. The summed E-state index contributed by atoms with van der Waals surface area (Å²) in [5.41, 5.74) is 5.87. The smallest absolute Gasteiger partial charge is 0.319 e. The van der Waals surface area contributed by atoms with E-state index in [0.29, 0.717) is 13.1 Å². The highest BCUT2D eigenvalue weighted by atomic mass is 19.1. The predicted octanol–water partition coefficient (Wildman–Crippen LogP) is 7.08. The number of amides is 2. The molecule has 8 heteroatoms. The molecule has 0 radical (unpaired) electrons. The molecular weight excluding hydrogens is 531 g/mol. The normalized spacial score (nSPS) is 14.4. The molecule has 1 atom stereocenters. The molecule has 0 saturated carbocycles. The van der Waals surface area contributed by atoms with Crippen LogP contribution in [-0.2, 0) is 12.8 Å². The van der Waals surface area contributed by atoms with Gasteiger partial charge in [-0.05, 0) is 67.6 Å². The molecule has 7 nitrogen and oxygen atoms in total. The maximum Gasteiger partial charge on any atom is 0.319 e. The first-order valence-electron chi connectivity index (χ1n) is 14.6. The molecule has 2 heterocycles. The van der Waals surface area contributed by atoms with Crippen molar-refractivity contribution in [3.05, 3.63) is 94.9 Å². The number of fused-ring (bicyclic) bond motifs is 2. The number of carbonyl (C=O) groups excluding carboxylic acids is 1. The van der Waals surface area contributed by atoms with Gasteiger partial charge in [-0.1, -0.05) is 44.2 Å². The van der Waals surface area contributed by atoms with E-state index in [1.54, 1.807) is 14.2 Å². The number of aryl methyl sites for hydroxylation is 2. The lowest BCUT2D eigenvalue weighted by Gasteiger charge is -2.38. The molecule has 2 amide bonds. The van der Waals surface area contributed by atoms with Crippen molar-refractivity contribution in [2.45, 2.75) is 46.1 Å². The van der Waals surface area contributed by atoms with Crippen LogP contribution in [0, 0.1) is 12.7 Å². The average molecular weight is 573 g/mol. The number of rotatable bonds is 9. The van der Waals surface area contributed by atoms with Gasteiger partial charge in [0.1, 0.15) is 17.3 Å². The monoisotopic (exact) mass is 572 g/mol. The molecule has 0 aliphatic carbocycles. The summed E-state index contributed by atoms with van der Waals surface area (Å²) < 4.78 is 24.8. The fraction of sp³-hybridized carbons (Fsp3) is 0.353. The van der Waals surface area contributed by atoms with Crippen molar-refractivity contribution in [3.63, 3.8) is 0 Å². The van der Waals surface area contributed by atoms with Crippen molar-refractivity contribution >= 4 is 22.6 Å². The number of anilines is 1. The van der Waals surface area contributed by atoms with Gasteiger partial charge in [0.2, 0.25) is 0 Å². The molecule has 4 aromatic rings. The van der Waals surface area contributed by atoms with E-state index in [-0.39, 0.29) is 17.9 Å². The number of nitrogens with zero attached hydrogens (tertiary/aromatic N) is 2. The van der Waals surface area contributed by atoms with Crippen LogP contribution >= 0.6 is 0 Å². The topological polar surface area (TPSA) is 75.7 Å². The van der Waals surface area contributed by atoms with Gasteiger partial charge in [-0.25, -0.2) is 9.18 Å². The van der Waals surface area contributed by atoms with Gasteiger partial charge >= 0.3 is 6.03 Å². The van der Waals surface area contributed by atoms with E-state index in [4.69, 9.17) is 9.47 Å². The Morgan fingerprint density at radius 3 is 2.55 bits per heavy atom. The predicted molar refractivity (Wildman–Crippen MR) is 167 cm³/mol. The van der Waals surface area contributed by atoms with Crippen LogP contribution in [0.3, 0.4) is 0 Å². The van der Waals surface area contributed by atoms with Crippen molar-refractivity contribution in [1.82, 2.24) is 15.2 Å². The number of hydrogen-bond donors (Lipinski definition) is 2. The second-order valence-corrected chi connectivity index (χ2v) is 10.1. The van der Waals surface area contributed by atoms with Crippen LogP contribution in [0.5, 0.6) is 11.5 Å². The number of methoxy groups -OCH3 is 2. The minimum Gasteiger partial charge on any atom is -0.497 e. The van der Waals surface area contributed by atoms with Gasteiger partial charge in [-0.3, -0.25) is 9.88 Å². The number of hydrogen-bond acceptors (Lipinski definition) is 5. The summed E-state index contributed by atoms with van der Waals surface area (Å²) in [6.45, 7) is 7.91. The number of aromatic nitrogens is 1. The number of urea groups is 1. The van der Waals surface area contributed by atoms with E-state index < -0.39 is 0 Å². The number of nitrogens with one attached hydrogen (secondary N) is 2. The van der Waals surface area contributed by atoms with Gasteiger partial charge in [0, 0.05) is 48.4 Å². The molecule has 0 fully saturated rings. The first kappa shape index (κ1) is 30.8. The number of para-hydroxylation sites is 1. The Bertz CT molecular complexity index is 1480. The van der Waals surface area contributed by atoms with Gasteiger partial charge in [-0.2, -0.15) is 0 Å². The second kappa shape index (κ2) is 14.6. The van der Waals surface area contributed by atoms with Crippen LogP contribution in [0.2, 0.25) is 0 Å². The Hall–Kier alpha value is -4.17. The minimum atomic E-state index is -0.252. The second-order valence-electron chi connectivity index (χ2n) is 10.1. The molecular formula is C34H41FN4O3. The number of benzene rings is 3. The standard InChI is InChI=1S/C32H35FN4O3.C2H6/c1-21-18-28(26-6-4-5-7-27(26)35-21)36-32(38)34-15-17-37-16-14-23-19-25(39-2)20-30(40-3)31(23)29(37)13-10-22-8-11-24(33)12-9-22;1-2/h4-9,11-12,18-20,29H,10,13-17H2,1-3H3,(H2,34,35,36,38);1-2H3. The number of carbonyl (C=O) groups is 1. The quantitative estimate of drug-likeness (QED) is 0.224. The number of halogens is 1. The van der Waals surface area contributed by atoms with E-state index in [1.165, 1.54) is 17.7 Å². The Morgan fingerprint density at radius 2 is 1.81 bits per heavy atom. The molecule has 0 spiro atoms. The zero-order valence-corrected chi connectivity index (χ0v) is 25.2. The summed E-state index contributed by atoms with van der Waals surface area (Å²) in [5, 5.41) is 6.93. The van der Waals surface area contributed by atoms with Gasteiger partial charge in [0.15, 0.2) is 0 Å². The van der Waals surface area contributed by atoms with Gasteiger partial charge < -0.3 is 20.1 Å². The Balaban J connectivity index is 0.00000198. The molecule has 1 aliphatic rings. The SMILES string of the molecule is CC.COc1cc2c(c(OC)c1)C(CCc1ccc(F)cc1)N(CCNC(=O)Nc1cc(C)nc3ccccc13)CC2. The number of ether oxygens (including phenoxy) is 2. The molecule has 222 valence electrons. The molecule has 1 aromatic heterocycles. The summed E-state index contributed by atoms with van der Waals surface area (Å²) in [7, 11) is 3.34. The lowest BCUT2D eigenvalue weighted by atomic mass is 9.87. The summed E-state index contributed by atoms with van der Waals surface area (Å²) in [6, 6.07) is 20.2. The highest BCUT2D eigenvalue weighted by Crippen LogP contribution is 2.41. The molecule has 5 rings (SSSR count). The highest BCUT2D eigenvalue weighted by Gasteiger charge is 2.30. The van der Waals surface area contributed by atoms with Crippen LogP contribution in [0.25, 0.3) is 10.9 Å². The van der Waals surface area contributed by atoms with Crippen molar-refractivity contribution < 1.29 is 18.7 Å². The fourth-order valence-electron chi connectivity index (χ4n) is 5.57. The fourth-order valence-corrected chi connectivity index (χ4v) is 5.57. The number of pyridine rings is 1. The third kappa shape index (κ3) is 7.36. The third-order valence-electron chi connectivity index (χ3n) is 7.50. The van der Waals surface area contributed by atoms with E-state index in [0.717, 1.165) is 70.7 Å². The van der Waals surface area contributed by atoms with Gasteiger partial charge in [0.05, 0.1) is 25.4 Å². The van der Waals surface area contributed by atoms with Crippen molar-refractivity contribution in [1.29, 1.82) is 0 Å². The maximum absolute atomic E-state index is 13.5. The average Bonchev–Trinajstić information content (AvgIpc) is 3.01. The van der Waals surface area contributed by atoms with Crippen LogP contribution in [0.15, 0.2) is 66.7 Å². The molecule has 2 N–H and O–H groups in total. The van der Waals surface area contributed by atoms with E-state index in [2.05, 4.69) is 26.6 Å². The Labute approximate surface area is 248 Å². The summed E-state index contributed by atoms with van der Waals surface area (Å²) in [5.74, 6) is 1.34. The van der Waals surface area contributed by atoms with Crippen LogP contribution in [0.4, 0.5) is 14.9 Å². The van der Waals surface area contributed by atoms with Crippen LogP contribution in [0.1, 0.15) is 48.7 Å². The first-order chi connectivity index (χ1) is 20.4. The lowest BCUT2D eigenvalue weighted by molar-refractivity contribution is 0.172. The largest absolute Gasteiger partial charge is 0.497 e. The van der Waals surface area contributed by atoms with E-state index in [9.17, 15) is 9.18 Å². The molecule has 1 aliphatic heterocycles. The summed E-state index contributed by atoms with van der Waals surface area (Å²) >= 11 is 0. The third-order valence-corrected chi connectivity index (χ3v) is 7.50. The van der Waals surface area contributed by atoms with Crippen LogP contribution < -0.4 is 20.1 Å². The zero-order chi connectivity index (χ0) is 30.1. The molecule has 3 aromatic carbocycles. The Morgan fingerprint density at radius 1 is 1.05 bits per heavy atom. The summed E-state index contributed by atoms with van der Waals surface area (Å²) in [6.07, 6.45) is 2.47. The maximum atomic E-state index is 13.5. The first-order valence-corrected chi connectivity index (χ1v) is 14.6. The zero-order valence-electron chi connectivity index (χ0n) is 25.2. The summed E-state index contributed by atoms with van der Waals surface area (Å²) in [4.78, 5) is 19.8. The van der Waals surface area contributed by atoms with Crippen LogP contribution in [-0.4, -0.2) is 49.8 Å². The lowest BCUT2D eigenvalue weighted by Crippen LogP contribution is -2.42. The molecule has 1 unspecified atom stereocenters. The van der Waals surface area contributed by atoms with E-state index >= 15 is 0 Å². The van der Waals surface area contributed by atoms with Crippen molar-refractivity contribution in [2.24, 2.45) is 0 Å². The van der Waals surface area contributed by atoms with Gasteiger partial charge in [0.25, 0.3) is 0 Å². The Kier molecular flexibility index (Phi) is 10.7. The molecule has 0 bridgehead atoms. The van der Waals surface area contributed by atoms with Crippen molar-refractivity contribution in [2.75, 3.05) is 39.2 Å².